The lowest BCUT2D eigenvalue weighted by Crippen LogP contribution is -2.30. The van der Waals surface area contributed by atoms with Crippen LogP contribution in [0, 0.1) is 0 Å². The van der Waals surface area contributed by atoms with Crippen LogP contribution in [-0.2, 0) is 6.54 Å². The van der Waals surface area contributed by atoms with Crippen LogP contribution in [0.15, 0.2) is 22.0 Å². The zero-order valence-electron chi connectivity index (χ0n) is 13.0. The molecule has 3 rings (SSSR count). The highest BCUT2D eigenvalue weighted by molar-refractivity contribution is 7.10. The van der Waals surface area contributed by atoms with Crippen LogP contribution in [0.5, 0.6) is 0 Å². The average Bonchev–Trinajstić information content (AvgIpc) is 3.20. The Bertz CT molecular complexity index is 584. The zero-order chi connectivity index (χ0) is 15.5. The fourth-order valence-electron chi connectivity index (χ4n) is 2.89. The lowest BCUT2D eigenvalue weighted by Gasteiger charge is -2.24. The number of aliphatic hydroxyl groups is 1. The topological polar surface area (TPSA) is 65.6 Å². The van der Waals surface area contributed by atoms with Gasteiger partial charge in [0.05, 0.1) is 12.6 Å². The molecular formula is C15H22N4O2S. The van der Waals surface area contributed by atoms with Crippen LogP contribution in [0.1, 0.15) is 36.1 Å². The molecule has 1 saturated heterocycles. The first-order valence-corrected chi connectivity index (χ1v) is 8.47. The summed E-state index contributed by atoms with van der Waals surface area (Å²) in [5.74, 6) is 1.24. The molecule has 1 fully saturated rings. The minimum absolute atomic E-state index is 0.367. The number of likely N-dealkylation sites (tertiary alicyclic amines) is 1. The van der Waals surface area contributed by atoms with Gasteiger partial charge in [-0.05, 0) is 42.4 Å². The molecule has 7 heteroatoms. The maximum atomic E-state index is 10.4. The largest absolute Gasteiger partial charge is 0.388 e. The van der Waals surface area contributed by atoms with Crippen molar-refractivity contribution in [2.75, 3.05) is 25.5 Å². The summed E-state index contributed by atoms with van der Waals surface area (Å²) in [5.41, 5.74) is 0. The summed E-state index contributed by atoms with van der Waals surface area (Å²) in [6, 6.07) is 4.35. The lowest BCUT2D eigenvalue weighted by molar-refractivity contribution is 0.115. The van der Waals surface area contributed by atoms with Crippen molar-refractivity contribution in [2.24, 2.45) is 0 Å². The Kier molecular flexibility index (Phi) is 4.75. The SMILES string of the molecule is CN(C)c1noc(CN2CCCC2CC(O)c2cccs2)n1. The molecule has 0 bridgehead atoms. The van der Waals surface area contributed by atoms with Gasteiger partial charge in [0.2, 0.25) is 5.89 Å². The van der Waals surface area contributed by atoms with E-state index in [1.54, 1.807) is 11.3 Å². The summed E-state index contributed by atoms with van der Waals surface area (Å²) < 4.78 is 5.31. The highest BCUT2D eigenvalue weighted by atomic mass is 32.1. The maximum Gasteiger partial charge on any atom is 0.265 e. The van der Waals surface area contributed by atoms with Crippen LogP contribution >= 0.6 is 11.3 Å². The van der Waals surface area contributed by atoms with Crippen LogP contribution < -0.4 is 4.90 Å². The average molecular weight is 322 g/mol. The van der Waals surface area contributed by atoms with E-state index in [2.05, 4.69) is 15.0 Å². The van der Waals surface area contributed by atoms with Crippen LogP contribution in [-0.4, -0.2) is 46.8 Å². The van der Waals surface area contributed by atoms with Gasteiger partial charge >= 0.3 is 0 Å². The van der Waals surface area contributed by atoms with Crippen LogP contribution in [0.2, 0.25) is 0 Å². The monoisotopic (exact) mass is 322 g/mol. The van der Waals surface area contributed by atoms with Crippen LogP contribution in [0.25, 0.3) is 0 Å². The quantitative estimate of drug-likeness (QED) is 0.880. The maximum absolute atomic E-state index is 10.4. The third kappa shape index (κ3) is 3.48. The molecule has 2 aromatic rings. The van der Waals surface area contributed by atoms with Gasteiger partial charge in [-0.3, -0.25) is 4.90 Å². The zero-order valence-corrected chi connectivity index (χ0v) is 13.8. The Morgan fingerprint density at radius 2 is 2.41 bits per heavy atom. The van der Waals surface area contributed by atoms with E-state index in [1.165, 1.54) is 0 Å². The highest BCUT2D eigenvalue weighted by Crippen LogP contribution is 2.30. The van der Waals surface area contributed by atoms with Gasteiger partial charge in [0.1, 0.15) is 0 Å². The Labute approximate surface area is 134 Å². The standard InChI is InChI=1S/C15H22N4O2S/c1-18(2)15-16-14(21-17-15)10-19-7-3-5-11(19)9-12(20)13-6-4-8-22-13/h4,6,8,11-12,20H,3,5,7,9-10H2,1-2H3. The summed E-state index contributed by atoms with van der Waals surface area (Å²) in [5, 5.41) is 16.3. The van der Waals surface area contributed by atoms with Gasteiger partial charge in [0.25, 0.3) is 5.95 Å². The number of nitrogens with zero attached hydrogens (tertiary/aromatic N) is 4. The van der Waals surface area contributed by atoms with Crippen molar-refractivity contribution in [3.63, 3.8) is 0 Å². The molecule has 6 nitrogen and oxygen atoms in total. The Morgan fingerprint density at radius 1 is 1.55 bits per heavy atom. The summed E-state index contributed by atoms with van der Waals surface area (Å²) in [6.45, 7) is 1.67. The van der Waals surface area contributed by atoms with E-state index in [0.717, 1.165) is 30.7 Å². The minimum Gasteiger partial charge on any atom is -0.388 e. The molecule has 0 aliphatic carbocycles. The highest BCUT2D eigenvalue weighted by Gasteiger charge is 2.28. The molecule has 1 N–H and O–H groups in total. The van der Waals surface area contributed by atoms with Gasteiger partial charge in [0.15, 0.2) is 0 Å². The van der Waals surface area contributed by atoms with E-state index in [9.17, 15) is 5.11 Å². The molecule has 3 heterocycles. The molecule has 1 aliphatic heterocycles. The summed E-state index contributed by atoms with van der Waals surface area (Å²) >= 11 is 1.61. The van der Waals surface area contributed by atoms with Gasteiger partial charge in [-0.1, -0.05) is 6.07 Å². The summed E-state index contributed by atoms with van der Waals surface area (Å²) in [4.78, 5) is 9.59. The van der Waals surface area contributed by atoms with Crippen molar-refractivity contribution in [1.82, 2.24) is 15.0 Å². The van der Waals surface area contributed by atoms with Crippen LogP contribution in [0.3, 0.4) is 0 Å². The summed E-state index contributed by atoms with van der Waals surface area (Å²) in [6.07, 6.45) is 2.63. The van der Waals surface area contributed by atoms with Crippen molar-refractivity contribution in [3.05, 3.63) is 28.3 Å². The molecule has 120 valence electrons. The van der Waals surface area contributed by atoms with E-state index < -0.39 is 0 Å². The van der Waals surface area contributed by atoms with Gasteiger partial charge < -0.3 is 14.5 Å². The predicted octanol–water partition coefficient (Wildman–Crippen LogP) is 2.29. The molecule has 2 unspecified atom stereocenters. The molecular weight excluding hydrogens is 300 g/mol. The van der Waals surface area contributed by atoms with Gasteiger partial charge in [-0.15, -0.1) is 11.3 Å². The van der Waals surface area contributed by atoms with Crippen molar-refractivity contribution in [3.8, 4) is 0 Å². The number of rotatable bonds is 6. The molecule has 1 aliphatic rings. The first-order valence-electron chi connectivity index (χ1n) is 7.59. The Morgan fingerprint density at radius 3 is 3.09 bits per heavy atom. The first-order chi connectivity index (χ1) is 10.6. The molecule has 2 aromatic heterocycles. The number of aliphatic hydroxyl groups excluding tert-OH is 1. The van der Waals surface area contributed by atoms with Crippen molar-refractivity contribution >= 4 is 17.3 Å². The predicted molar refractivity (Wildman–Crippen MR) is 86.0 cm³/mol. The van der Waals surface area contributed by atoms with Crippen LogP contribution in [0.4, 0.5) is 5.95 Å². The molecule has 0 radical (unpaired) electrons. The van der Waals surface area contributed by atoms with E-state index in [4.69, 9.17) is 4.52 Å². The Balaban J connectivity index is 1.60. The fraction of sp³-hybridized carbons (Fsp3) is 0.600. The van der Waals surface area contributed by atoms with E-state index >= 15 is 0 Å². The number of hydrogen-bond acceptors (Lipinski definition) is 7. The molecule has 0 aromatic carbocycles. The third-order valence-corrected chi connectivity index (χ3v) is 5.04. The number of hydrogen-bond donors (Lipinski definition) is 1. The number of aromatic nitrogens is 2. The Hall–Kier alpha value is -1.44. The van der Waals surface area contributed by atoms with E-state index in [1.807, 2.05) is 36.5 Å². The molecule has 0 saturated carbocycles. The van der Waals surface area contributed by atoms with Gasteiger partial charge in [0, 0.05) is 25.0 Å². The number of thiophene rings is 1. The van der Waals surface area contributed by atoms with Gasteiger partial charge in [-0.25, -0.2) is 0 Å². The summed E-state index contributed by atoms with van der Waals surface area (Å²) in [7, 11) is 3.79. The second-order valence-corrected chi connectivity index (χ2v) is 6.90. The smallest absolute Gasteiger partial charge is 0.265 e. The van der Waals surface area contributed by atoms with Crippen molar-refractivity contribution < 1.29 is 9.63 Å². The normalized spacial score (nSPS) is 20.4. The van der Waals surface area contributed by atoms with Crippen molar-refractivity contribution in [1.29, 1.82) is 0 Å². The molecule has 0 amide bonds. The lowest BCUT2D eigenvalue weighted by atomic mass is 10.1. The van der Waals surface area contributed by atoms with E-state index in [-0.39, 0.29) is 6.10 Å². The number of anilines is 1. The first kappa shape index (κ1) is 15.5. The second kappa shape index (κ2) is 6.76. The van der Waals surface area contributed by atoms with Crippen molar-refractivity contribution in [2.45, 2.75) is 38.0 Å². The molecule has 0 spiro atoms. The van der Waals surface area contributed by atoms with E-state index in [0.29, 0.717) is 24.4 Å². The molecule has 22 heavy (non-hydrogen) atoms. The molecule has 2 atom stereocenters. The third-order valence-electron chi connectivity index (χ3n) is 4.06. The fourth-order valence-corrected chi connectivity index (χ4v) is 3.62. The van der Waals surface area contributed by atoms with Gasteiger partial charge in [-0.2, -0.15) is 4.98 Å². The second-order valence-electron chi connectivity index (χ2n) is 5.92. The minimum atomic E-state index is -0.384.